The van der Waals surface area contributed by atoms with Gasteiger partial charge in [-0.2, -0.15) is 0 Å². The number of hydrogen-bond donors (Lipinski definition) is 1. The van der Waals surface area contributed by atoms with Gasteiger partial charge in [0, 0.05) is 5.69 Å². The largest absolute Gasteiger partial charge is 0.486 e. The lowest BCUT2D eigenvalue weighted by Gasteiger charge is -2.19. The van der Waals surface area contributed by atoms with Crippen LogP contribution in [0.15, 0.2) is 42.5 Å². The van der Waals surface area contributed by atoms with Gasteiger partial charge in [-0.25, -0.2) is 0 Å². The molecule has 1 N–H and O–H groups in total. The molecule has 1 heterocycles. The van der Waals surface area contributed by atoms with Gasteiger partial charge in [-0.15, -0.1) is 0 Å². The van der Waals surface area contributed by atoms with Gasteiger partial charge in [0.15, 0.2) is 11.5 Å². The van der Waals surface area contributed by atoms with Crippen molar-refractivity contribution in [1.82, 2.24) is 0 Å². The highest BCUT2D eigenvalue weighted by molar-refractivity contribution is 5.92. The van der Waals surface area contributed by atoms with Crippen LogP contribution in [0.3, 0.4) is 0 Å². The number of hydrogen-bond acceptors (Lipinski definition) is 3. The third-order valence-corrected chi connectivity index (χ3v) is 4.01. The molecule has 2 aromatic carbocycles. The maximum absolute atomic E-state index is 12.2. The highest BCUT2D eigenvalue weighted by atomic mass is 16.6. The Kier molecular flexibility index (Phi) is 4.47. The van der Waals surface area contributed by atoms with Crippen molar-refractivity contribution < 1.29 is 14.3 Å². The Morgan fingerprint density at radius 1 is 1.00 bits per heavy atom. The molecule has 4 nitrogen and oxygen atoms in total. The molecule has 1 amide bonds. The fourth-order valence-corrected chi connectivity index (χ4v) is 2.64. The summed E-state index contributed by atoms with van der Waals surface area (Å²) in [5.41, 5.74) is 3.06. The summed E-state index contributed by atoms with van der Waals surface area (Å²) in [6.45, 7) is 7.62. The lowest BCUT2D eigenvalue weighted by molar-refractivity contribution is -0.115. The number of nitrogens with one attached hydrogen (secondary N) is 1. The van der Waals surface area contributed by atoms with Crippen molar-refractivity contribution in [2.75, 3.05) is 18.5 Å². The number of rotatable bonds is 3. The summed E-state index contributed by atoms with van der Waals surface area (Å²) in [4.78, 5) is 12.2. The van der Waals surface area contributed by atoms with Crippen molar-refractivity contribution in [2.24, 2.45) is 0 Å². The molecule has 24 heavy (non-hydrogen) atoms. The standard InChI is InChI=1S/C20H23NO3/c1-20(2,3)15-5-7-16(8-6-15)21-19(22)13-14-4-9-17-18(12-14)24-11-10-23-17/h4-9,12H,10-11,13H2,1-3H3,(H,21,22). The lowest BCUT2D eigenvalue weighted by atomic mass is 9.87. The van der Waals surface area contributed by atoms with E-state index in [4.69, 9.17) is 9.47 Å². The summed E-state index contributed by atoms with van der Waals surface area (Å²) in [6, 6.07) is 13.6. The Morgan fingerprint density at radius 2 is 1.67 bits per heavy atom. The minimum absolute atomic E-state index is 0.0461. The maximum Gasteiger partial charge on any atom is 0.228 e. The second kappa shape index (κ2) is 6.56. The van der Waals surface area contributed by atoms with Gasteiger partial charge < -0.3 is 14.8 Å². The maximum atomic E-state index is 12.2. The van der Waals surface area contributed by atoms with E-state index >= 15 is 0 Å². The summed E-state index contributed by atoms with van der Waals surface area (Å²) in [7, 11) is 0. The van der Waals surface area contributed by atoms with Crippen LogP contribution in [-0.2, 0) is 16.6 Å². The summed E-state index contributed by atoms with van der Waals surface area (Å²) in [6.07, 6.45) is 0.303. The van der Waals surface area contributed by atoms with Crippen molar-refractivity contribution >= 4 is 11.6 Å². The van der Waals surface area contributed by atoms with Gasteiger partial charge in [-0.1, -0.05) is 39.0 Å². The highest BCUT2D eigenvalue weighted by Gasteiger charge is 2.15. The van der Waals surface area contributed by atoms with Crippen LogP contribution in [0.25, 0.3) is 0 Å². The minimum Gasteiger partial charge on any atom is -0.486 e. The fourth-order valence-electron chi connectivity index (χ4n) is 2.64. The number of carbonyl (C=O) groups is 1. The van der Waals surface area contributed by atoms with Crippen LogP contribution < -0.4 is 14.8 Å². The molecule has 0 spiro atoms. The first kappa shape index (κ1) is 16.4. The molecule has 1 aliphatic heterocycles. The predicted octanol–water partition coefficient (Wildman–Crippen LogP) is 3.94. The average molecular weight is 325 g/mol. The quantitative estimate of drug-likeness (QED) is 0.930. The van der Waals surface area contributed by atoms with Crippen molar-refractivity contribution in [3.63, 3.8) is 0 Å². The van der Waals surface area contributed by atoms with Crippen molar-refractivity contribution in [2.45, 2.75) is 32.6 Å². The first-order valence-electron chi connectivity index (χ1n) is 8.21. The van der Waals surface area contributed by atoms with Crippen LogP contribution in [0.1, 0.15) is 31.9 Å². The number of fused-ring (bicyclic) bond motifs is 1. The third kappa shape index (κ3) is 3.88. The molecule has 0 bridgehead atoms. The van der Waals surface area contributed by atoms with Gasteiger partial charge in [0.25, 0.3) is 0 Å². The van der Waals surface area contributed by atoms with Gasteiger partial charge in [-0.3, -0.25) is 4.79 Å². The molecule has 0 saturated carbocycles. The zero-order valence-corrected chi connectivity index (χ0v) is 14.4. The van der Waals surface area contributed by atoms with E-state index in [1.165, 1.54) is 5.56 Å². The second-order valence-corrected chi connectivity index (χ2v) is 7.03. The molecule has 0 saturated heterocycles. The molecule has 0 unspecified atom stereocenters. The summed E-state index contributed by atoms with van der Waals surface area (Å²) >= 11 is 0. The molecule has 0 aromatic heterocycles. The summed E-state index contributed by atoms with van der Waals surface area (Å²) in [5, 5.41) is 2.94. The van der Waals surface area contributed by atoms with Gasteiger partial charge in [-0.05, 0) is 40.8 Å². The summed E-state index contributed by atoms with van der Waals surface area (Å²) < 4.78 is 11.0. The van der Waals surface area contributed by atoms with E-state index in [9.17, 15) is 4.79 Å². The normalized spacial score (nSPS) is 13.5. The zero-order valence-electron chi connectivity index (χ0n) is 14.4. The van der Waals surface area contributed by atoms with Gasteiger partial charge in [0.05, 0.1) is 6.42 Å². The fraction of sp³-hybridized carbons (Fsp3) is 0.350. The molecular formula is C20H23NO3. The monoisotopic (exact) mass is 325 g/mol. The van der Waals surface area contributed by atoms with E-state index in [2.05, 4.69) is 38.2 Å². The molecule has 0 fully saturated rings. The Labute approximate surface area is 142 Å². The Bertz CT molecular complexity index is 730. The smallest absolute Gasteiger partial charge is 0.228 e. The SMILES string of the molecule is CC(C)(C)c1ccc(NC(=O)Cc2ccc3c(c2)OCCO3)cc1. The van der Waals surface area contributed by atoms with Gasteiger partial charge >= 0.3 is 0 Å². The van der Waals surface area contributed by atoms with Gasteiger partial charge in [0.2, 0.25) is 5.91 Å². The lowest BCUT2D eigenvalue weighted by Crippen LogP contribution is -2.17. The van der Waals surface area contributed by atoms with Crippen LogP contribution >= 0.6 is 0 Å². The van der Waals surface area contributed by atoms with E-state index < -0.39 is 0 Å². The number of benzene rings is 2. The second-order valence-electron chi connectivity index (χ2n) is 7.03. The average Bonchev–Trinajstić information content (AvgIpc) is 2.54. The predicted molar refractivity (Wildman–Crippen MR) is 94.9 cm³/mol. The van der Waals surface area contributed by atoms with Crippen molar-refractivity contribution in [1.29, 1.82) is 0 Å². The van der Waals surface area contributed by atoms with Gasteiger partial charge in [0.1, 0.15) is 13.2 Å². The molecule has 1 aliphatic rings. The molecule has 126 valence electrons. The van der Waals surface area contributed by atoms with Crippen molar-refractivity contribution in [3.05, 3.63) is 53.6 Å². The van der Waals surface area contributed by atoms with E-state index in [1.54, 1.807) is 0 Å². The molecule has 0 aliphatic carbocycles. The zero-order chi connectivity index (χ0) is 17.2. The molecule has 0 atom stereocenters. The van der Waals surface area contributed by atoms with Crippen LogP contribution in [0.4, 0.5) is 5.69 Å². The van der Waals surface area contributed by atoms with Crippen LogP contribution in [-0.4, -0.2) is 19.1 Å². The molecule has 3 rings (SSSR count). The molecule has 4 heteroatoms. The van der Waals surface area contributed by atoms with Crippen LogP contribution in [0.5, 0.6) is 11.5 Å². The van der Waals surface area contributed by atoms with Crippen molar-refractivity contribution in [3.8, 4) is 11.5 Å². The Hall–Kier alpha value is -2.49. The summed E-state index contributed by atoms with van der Waals surface area (Å²) in [5.74, 6) is 1.40. The third-order valence-electron chi connectivity index (χ3n) is 4.01. The number of anilines is 1. The Morgan fingerprint density at radius 3 is 2.33 bits per heavy atom. The number of carbonyl (C=O) groups excluding carboxylic acids is 1. The van der Waals surface area contributed by atoms with Crippen LogP contribution in [0.2, 0.25) is 0 Å². The van der Waals surface area contributed by atoms with E-state index in [0.717, 1.165) is 17.0 Å². The van der Waals surface area contributed by atoms with E-state index in [-0.39, 0.29) is 11.3 Å². The first-order chi connectivity index (χ1) is 11.4. The first-order valence-corrected chi connectivity index (χ1v) is 8.21. The van der Waals surface area contributed by atoms with E-state index in [0.29, 0.717) is 25.4 Å². The number of amides is 1. The molecule has 2 aromatic rings. The molecular weight excluding hydrogens is 302 g/mol. The topological polar surface area (TPSA) is 47.6 Å². The van der Waals surface area contributed by atoms with Crippen LogP contribution in [0, 0.1) is 0 Å². The minimum atomic E-state index is -0.0461. The number of ether oxygens (including phenoxy) is 2. The molecule has 0 radical (unpaired) electrons. The Balaban J connectivity index is 1.63. The van der Waals surface area contributed by atoms with E-state index in [1.807, 2.05) is 30.3 Å². The highest BCUT2D eigenvalue weighted by Crippen LogP contribution is 2.31.